The fourth-order valence-electron chi connectivity index (χ4n) is 3.79. The summed E-state index contributed by atoms with van der Waals surface area (Å²) in [6.45, 7) is 4.99. The van der Waals surface area contributed by atoms with Crippen molar-refractivity contribution in [1.82, 2.24) is 20.0 Å². The van der Waals surface area contributed by atoms with E-state index >= 15 is 0 Å². The number of likely N-dealkylation sites (tertiary alicyclic amines) is 1. The molecule has 0 unspecified atom stereocenters. The maximum atomic E-state index is 14.0. The summed E-state index contributed by atoms with van der Waals surface area (Å²) in [5, 5.41) is 16.9. The van der Waals surface area contributed by atoms with E-state index in [2.05, 4.69) is 10.4 Å². The third-order valence-electron chi connectivity index (χ3n) is 5.31. The fourth-order valence-corrected chi connectivity index (χ4v) is 3.79. The molecule has 1 fully saturated rings. The van der Waals surface area contributed by atoms with Crippen molar-refractivity contribution >= 4 is 11.8 Å². The average molecular weight is 418 g/mol. The summed E-state index contributed by atoms with van der Waals surface area (Å²) in [4.78, 5) is 26.9. The summed E-state index contributed by atoms with van der Waals surface area (Å²) < 4.78 is 20.9. The Morgan fingerprint density at radius 2 is 2.20 bits per heavy atom. The predicted molar refractivity (Wildman–Crippen MR) is 107 cm³/mol. The van der Waals surface area contributed by atoms with Crippen LogP contribution < -0.4 is 5.32 Å². The Hall–Kier alpha value is -2.94. The Balaban J connectivity index is 1.80. The number of rotatable bonds is 8. The third-order valence-corrected chi connectivity index (χ3v) is 5.31. The Labute approximate surface area is 174 Å². The van der Waals surface area contributed by atoms with Gasteiger partial charge in [-0.1, -0.05) is 6.07 Å². The molecule has 0 spiro atoms. The summed E-state index contributed by atoms with van der Waals surface area (Å²) in [5.74, 6) is -2.21. The molecule has 1 aromatic heterocycles. The van der Waals surface area contributed by atoms with Crippen LogP contribution in [0.2, 0.25) is 0 Å². The van der Waals surface area contributed by atoms with Crippen molar-refractivity contribution in [3.63, 3.8) is 0 Å². The van der Waals surface area contributed by atoms with Gasteiger partial charge in [0.15, 0.2) is 0 Å². The molecule has 162 valence electrons. The van der Waals surface area contributed by atoms with Gasteiger partial charge in [0.2, 0.25) is 5.91 Å². The van der Waals surface area contributed by atoms with Gasteiger partial charge in [-0.15, -0.1) is 0 Å². The zero-order chi connectivity index (χ0) is 21.8. The number of halogens is 1. The number of aromatic hydroxyl groups is 1. The Morgan fingerprint density at radius 1 is 1.43 bits per heavy atom. The minimum atomic E-state index is -0.800. The number of carbonyl (C=O) groups is 2. The van der Waals surface area contributed by atoms with Crippen LogP contribution in [0.5, 0.6) is 5.75 Å². The normalized spacial score (nSPS) is 19.0. The van der Waals surface area contributed by atoms with E-state index in [0.717, 1.165) is 11.6 Å². The van der Waals surface area contributed by atoms with Crippen LogP contribution in [0.25, 0.3) is 0 Å². The minimum Gasteiger partial charge on any atom is -0.507 e. The first kappa shape index (κ1) is 21.8. The Morgan fingerprint density at radius 3 is 2.83 bits per heavy atom. The summed E-state index contributed by atoms with van der Waals surface area (Å²) in [6, 6.07) is 3.59. The van der Waals surface area contributed by atoms with Crippen molar-refractivity contribution in [2.45, 2.75) is 32.4 Å². The average Bonchev–Trinajstić information content (AvgIpc) is 3.29. The number of aromatic nitrogens is 2. The van der Waals surface area contributed by atoms with Crippen LogP contribution in [-0.4, -0.2) is 58.4 Å². The van der Waals surface area contributed by atoms with Gasteiger partial charge in [-0.05, 0) is 26.0 Å². The number of ether oxygens (including phenoxy) is 1. The second-order valence-corrected chi connectivity index (χ2v) is 7.68. The number of nitrogens with zero attached hydrogens (tertiary/aromatic N) is 3. The molecule has 2 N–H and O–H groups in total. The van der Waals surface area contributed by atoms with Crippen LogP contribution >= 0.6 is 0 Å². The highest BCUT2D eigenvalue weighted by Gasteiger charge is 2.41. The SMILES string of the molecule is COCCN1C(=O)C[C@@H](CNC(=O)c2c(O)cccc2F)[C@@H]1c1cnn(C(C)C)c1. The maximum absolute atomic E-state index is 14.0. The Bertz CT molecular complexity index is 894. The predicted octanol–water partition coefficient (Wildman–Crippen LogP) is 2.27. The summed E-state index contributed by atoms with van der Waals surface area (Å²) in [7, 11) is 1.57. The first-order chi connectivity index (χ1) is 14.3. The molecule has 0 aliphatic carbocycles. The van der Waals surface area contributed by atoms with Gasteiger partial charge < -0.3 is 20.1 Å². The molecular formula is C21H27FN4O4. The van der Waals surface area contributed by atoms with E-state index in [9.17, 15) is 19.1 Å². The standard InChI is InChI=1S/C21H27FN4O4/c1-13(2)26-12-15(11-24-26)20-14(9-18(28)25(20)7-8-30-3)10-23-21(29)19-16(22)5-4-6-17(19)27/h4-6,11-14,20,27H,7-10H2,1-3H3,(H,23,29)/t14-,20+/m0/s1. The monoisotopic (exact) mass is 418 g/mol. The van der Waals surface area contributed by atoms with Gasteiger partial charge in [-0.25, -0.2) is 4.39 Å². The van der Waals surface area contributed by atoms with Crippen LogP contribution in [0.15, 0.2) is 30.6 Å². The highest BCUT2D eigenvalue weighted by Crippen LogP contribution is 2.38. The van der Waals surface area contributed by atoms with Crippen LogP contribution in [0.3, 0.4) is 0 Å². The molecule has 1 saturated heterocycles. The molecule has 2 heterocycles. The lowest BCUT2D eigenvalue weighted by Gasteiger charge is -2.27. The number of phenolic OH excluding ortho intramolecular Hbond substituents is 1. The molecule has 1 aromatic carbocycles. The van der Waals surface area contributed by atoms with Crippen molar-refractivity contribution < 1.29 is 23.8 Å². The number of phenols is 1. The van der Waals surface area contributed by atoms with Crippen LogP contribution in [0.1, 0.15) is 48.3 Å². The van der Waals surface area contributed by atoms with Crippen LogP contribution in [-0.2, 0) is 9.53 Å². The molecule has 0 radical (unpaired) electrons. The van der Waals surface area contributed by atoms with E-state index in [1.54, 1.807) is 18.2 Å². The second-order valence-electron chi connectivity index (χ2n) is 7.68. The number of nitrogens with one attached hydrogen (secondary N) is 1. The maximum Gasteiger partial charge on any atom is 0.258 e. The largest absolute Gasteiger partial charge is 0.507 e. The molecule has 2 amide bonds. The van der Waals surface area contributed by atoms with E-state index < -0.39 is 23.0 Å². The van der Waals surface area contributed by atoms with E-state index in [1.165, 1.54) is 12.1 Å². The number of hydrogen-bond donors (Lipinski definition) is 2. The Kier molecular flexibility index (Phi) is 6.71. The van der Waals surface area contributed by atoms with Crippen LogP contribution in [0, 0.1) is 11.7 Å². The first-order valence-corrected chi connectivity index (χ1v) is 9.91. The highest BCUT2D eigenvalue weighted by molar-refractivity contribution is 5.97. The molecule has 2 aromatic rings. The van der Waals surface area contributed by atoms with Crippen LogP contribution in [0.4, 0.5) is 4.39 Å². The molecule has 9 heteroatoms. The van der Waals surface area contributed by atoms with Gasteiger partial charge in [0.05, 0.1) is 18.8 Å². The summed E-state index contributed by atoms with van der Waals surface area (Å²) >= 11 is 0. The van der Waals surface area contributed by atoms with Crippen molar-refractivity contribution in [3.8, 4) is 5.75 Å². The topological polar surface area (TPSA) is 96.7 Å². The summed E-state index contributed by atoms with van der Waals surface area (Å²) in [5.41, 5.74) is 0.473. The number of methoxy groups -OCH3 is 1. The van der Waals surface area contributed by atoms with E-state index in [0.29, 0.717) is 13.2 Å². The van der Waals surface area contributed by atoms with Gasteiger partial charge in [0, 0.05) is 50.3 Å². The molecule has 1 aliphatic heterocycles. The molecule has 3 rings (SSSR count). The van der Waals surface area contributed by atoms with Crippen molar-refractivity contribution in [2.24, 2.45) is 5.92 Å². The molecule has 30 heavy (non-hydrogen) atoms. The van der Waals surface area contributed by atoms with E-state index in [-0.39, 0.29) is 36.9 Å². The third kappa shape index (κ3) is 4.46. The lowest BCUT2D eigenvalue weighted by Crippen LogP contribution is -2.35. The molecule has 8 nitrogen and oxygen atoms in total. The molecule has 2 atom stereocenters. The molecule has 1 aliphatic rings. The quantitative estimate of drug-likeness (QED) is 0.686. The van der Waals surface area contributed by atoms with Crippen molar-refractivity contribution in [2.75, 3.05) is 26.8 Å². The van der Waals surface area contributed by atoms with E-state index in [4.69, 9.17) is 4.74 Å². The second kappa shape index (κ2) is 9.25. The van der Waals surface area contributed by atoms with Crippen molar-refractivity contribution in [1.29, 1.82) is 0 Å². The number of benzene rings is 1. The number of carbonyl (C=O) groups excluding carboxylic acids is 2. The highest BCUT2D eigenvalue weighted by atomic mass is 19.1. The van der Waals surface area contributed by atoms with Crippen molar-refractivity contribution in [3.05, 3.63) is 47.5 Å². The number of hydrogen-bond acceptors (Lipinski definition) is 5. The number of amides is 2. The van der Waals surface area contributed by atoms with Gasteiger partial charge in [-0.3, -0.25) is 14.3 Å². The van der Waals surface area contributed by atoms with Gasteiger partial charge in [0.25, 0.3) is 5.91 Å². The zero-order valence-electron chi connectivity index (χ0n) is 17.3. The lowest BCUT2D eigenvalue weighted by molar-refractivity contribution is -0.129. The van der Waals surface area contributed by atoms with Gasteiger partial charge in [-0.2, -0.15) is 5.10 Å². The smallest absolute Gasteiger partial charge is 0.258 e. The van der Waals surface area contributed by atoms with Gasteiger partial charge in [0.1, 0.15) is 17.1 Å². The van der Waals surface area contributed by atoms with Gasteiger partial charge >= 0.3 is 0 Å². The van der Waals surface area contributed by atoms with E-state index in [1.807, 2.05) is 24.7 Å². The lowest BCUT2D eigenvalue weighted by atomic mass is 9.95. The molecule has 0 bridgehead atoms. The fraction of sp³-hybridized carbons (Fsp3) is 0.476. The molecular weight excluding hydrogens is 391 g/mol. The first-order valence-electron chi connectivity index (χ1n) is 9.91. The zero-order valence-corrected chi connectivity index (χ0v) is 17.3. The minimum absolute atomic E-state index is 0.0395. The molecule has 0 saturated carbocycles. The summed E-state index contributed by atoms with van der Waals surface area (Å²) in [6.07, 6.45) is 3.89.